The van der Waals surface area contributed by atoms with Crippen LogP contribution in [0.15, 0.2) is 6.20 Å². The summed E-state index contributed by atoms with van der Waals surface area (Å²) in [5.74, 6) is 0.247. The molecule has 0 fully saturated rings. The molecule has 1 heterocycles. The highest BCUT2D eigenvalue weighted by Gasteiger charge is 2.19. The van der Waals surface area contributed by atoms with Gasteiger partial charge in [-0.1, -0.05) is 4.85 Å². The molecule has 0 spiro atoms. The SMILES string of the molecule is COn1ncc(N)c1NC(=O)OC(C)(C)C. The van der Waals surface area contributed by atoms with Gasteiger partial charge in [-0.05, 0) is 20.8 Å². The lowest BCUT2D eigenvalue weighted by Gasteiger charge is -2.19. The van der Waals surface area contributed by atoms with Gasteiger partial charge in [0, 0.05) is 0 Å². The Hall–Kier alpha value is -1.92. The lowest BCUT2D eigenvalue weighted by Crippen LogP contribution is -2.28. The first-order valence-electron chi connectivity index (χ1n) is 4.71. The van der Waals surface area contributed by atoms with Crippen LogP contribution < -0.4 is 15.9 Å². The summed E-state index contributed by atoms with van der Waals surface area (Å²) in [7, 11) is 1.41. The number of nitrogens with one attached hydrogen (secondary N) is 1. The van der Waals surface area contributed by atoms with Crippen molar-refractivity contribution in [1.29, 1.82) is 0 Å². The highest BCUT2D eigenvalue weighted by molar-refractivity contribution is 5.87. The van der Waals surface area contributed by atoms with Crippen molar-refractivity contribution in [3.8, 4) is 0 Å². The maximum atomic E-state index is 11.5. The standard InChI is InChI=1S/C9H16N4O3/c1-9(2,3)16-8(14)12-7-6(10)5-11-13(7)15-4/h5H,10H2,1-4H3,(H,12,14). The molecule has 1 amide bonds. The Labute approximate surface area is 93.5 Å². The molecule has 1 aromatic heterocycles. The van der Waals surface area contributed by atoms with E-state index in [4.69, 9.17) is 15.3 Å². The van der Waals surface area contributed by atoms with Crippen LogP contribution in [0.5, 0.6) is 0 Å². The number of nitrogen functional groups attached to an aromatic ring is 1. The minimum absolute atomic E-state index is 0.247. The molecule has 0 saturated carbocycles. The second-order valence-corrected chi connectivity index (χ2v) is 4.13. The maximum absolute atomic E-state index is 11.5. The molecule has 3 N–H and O–H groups in total. The molecule has 0 atom stereocenters. The van der Waals surface area contributed by atoms with Crippen LogP contribution >= 0.6 is 0 Å². The zero-order chi connectivity index (χ0) is 12.3. The summed E-state index contributed by atoms with van der Waals surface area (Å²) in [5.41, 5.74) is 5.32. The van der Waals surface area contributed by atoms with Gasteiger partial charge in [0.1, 0.15) is 12.7 Å². The van der Waals surface area contributed by atoms with Crippen LogP contribution in [-0.2, 0) is 4.74 Å². The zero-order valence-corrected chi connectivity index (χ0v) is 9.77. The summed E-state index contributed by atoms with van der Waals surface area (Å²) in [6, 6.07) is 0. The van der Waals surface area contributed by atoms with Gasteiger partial charge in [0.2, 0.25) is 0 Å². The van der Waals surface area contributed by atoms with Crippen LogP contribution in [-0.4, -0.2) is 28.7 Å². The molecular formula is C9H16N4O3. The molecule has 1 rings (SSSR count). The quantitative estimate of drug-likeness (QED) is 0.783. The van der Waals surface area contributed by atoms with Crippen molar-refractivity contribution in [2.75, 3.05) is 18.2 Å². The Balaban J connectivity index is 2.73. The second-order valence-electron chi connectivity index (χ2n) is 4.13. The van der Waals surface area contributed by atoms with E-state index in [1.54, 1.807) is 20.8 Å². The van der Waals surface area contributed by atoms with E-state index in [-0.39, 0.29) is 5.82 Å². The molecule has 7 heteroatoms. The van der Waals surface area contributed by atoms with E-state index in [0.29, 0.717) is 5.69 Å². The third kappa shape index (κ3) is 3.04. The second kappa shape index (κ2) is 4.30. The molecule has 0 unspecified atom stereocenters. The third-order valence-corrected chi connectivity index (χ3v) is 1.56. The van der Waals surface area contributed by atoms with E-state index in [1.165, 1.54) is 13.3 Å². The van der Waals surface area contributed by atoms with Gasteiger partial charge >= 0.3 is 6.09 Å². The van der Waals surface area contributed by atoms with E-state index in [1.807, 2.05) is 0 Å². The van der Waals surface area contributed by atoms with Crippen molar-refractivity contribution in [3.63, 3.8) is 0 Å². The average molecular weight is 228 g/mol. The predicted molar refractivity (Wildman–Crippen MR) is 59.0 cm³/mol. The van der Waals surface area contributed by atoms with Crippen molar-refractivity contribution in [3.05, 3.63) is 6.20 Å². The number of carbonyl (C=O) groups is 1. The Kier molecular flexibility index (Phi) is 3.26. The zero-order valence-electron chi connectivity index (χ0n) is 9.77. The number of ether oxygens (including phenoxy) is 1. The van der Waals surface area contributed by atoms with E-state index in [2.05, 4.69) is 10.4 Å². The van der Waals surface area contributed by atoms with Gasteiger partial charge in [0.15, 0.2) is 5.82 Å². The smallest absolute Gasteiger partial charge is 0.413 e. The van der Waals surface area contributed by atoms with Gasteiger partial charge in [-0.25, -0.2) is 4.79 Å². The molecule has 0 bridgehead atoms. The van der Waals surface area contributed by atoms with Gasteiger partial charge in [-0.3, -0.25) is 5.32 Å². The molecule has 7 nitrogen and oxygen atoms in total. The molecule has 0 saturated heterocycles. The molecule has 90 valence electrons. The highest BCUT2D eigenvalue weighted by Crippen LogP contribution is 2.17. The largest absolute Gasteiger partial charge is 0.444 e. The van der Waals surface area contributed by atoms with Crippen molar-refractivity contribution >= 4 is 17.6 Å². The van der Waals surface area contributed by atoms with Gasteiger partial charge in [0.25, 0.3) is 0 Å². The van der Waals surface area contributed by atoms with Crippen molar-refractivity contribution in [2.45, 2.75) is 26.4 Å². The molecule has 0 aliphatic rings. The molecule has 0 aromatic carbocycles. The van der Waals surface area contributed by atoms with Crippen molar-refractivity contribution in [2.24, 2.45) is 0 Å². The Bertz CT molecular complexity index is 381. The number of nitrogens with zero attached hydrogens (tertiary/aromatic N) is 2. The summed E-state index contributed by atoms with van der Waals surface area (Å²) in [5, 5.41) is 6.24. The molecule has 0 radical (unpaired) electrons. The Morgan fingerprint density at radius 1 is 1.56 bits per heavy atom. The van der Waals surface area contributed by atoms with Crippen LogP contribution in [0.2, 0.25) is 0 Å². The summed E-state index contributed by atoms with van der Waals surface area (Å²) < 4.78 is 5.06. The number of amides is 1. The number of carbonyl (C=O) groups excluding carboxylic acids is 1. The number of rotatable bonds is 2. The molecule has 1 aromatic rings. The fraction of sp³-hybridized carbons (Fsp3) is 0.556. The molecule has 16 heavy (non-hydrogen) atoms. The fourth-order valence-corrected chi connectivity index (χ4v) is 1.00. The van der Waals surface area contributed by atoms with Crippen LogP contribution in [0.1, 0.15) is 20.8 Å². The summed E-state index contributed by atoms with van der Waals surface area (Å²) in [6.07, 6.45) is 0.758. The Morgan fingerprint density at radius 2 is 2.19 bits per heavy atom. The number of hydrogen-bond acceptors (Lipinski definition) is 5. The molecule has 0 aliphatic heterocycles. The van der Waals surface area contributed by atoms with Gasteiger partial charge in [-0.15, -0.1) is 5.10 Å². The lowest BCUT2D eigenvalue weighted by molar-refractivity contribution is 0.0626. The first-order chi connectivity index (χ1) is 7.33. The predicted octanol–water partition coefficient (Wildman–Crippen LogP) is 0.871. The van der Waals surface area contributed by atoms with Crippen LogP contribution in [0.25, 0.3) is 0 Å². The first-order valence-corrected chi connectivity index (χ1v) is 4.71. The summed E-state index contributed by atoms with van der Waals surface area (Å²) in [4.78, 5) is 17.4. The highest BCUT2D eigenvalue weighted by atomic mass is 16.7. The van der Waals surface area contributed by atoms with Gasteiger partial charge in [0.05, 0.1) is 11.9 Å². The number of hydrogen-bond donors (Lipinski definition) is 2. The third-order valence-electron chi connectivity index (χ3n) is 1.56. The van der Waals surface area contributed by atoms with Crippen molar-refractivity contribution in [1.82, 2.24) is 9.94 Å². The summed E-state index contributed by atoms with van der Waals surface area (Å²) in [6.45, 7) is 5.30. The van der Waals surface area contributed by atoms with E-state index < -0.39 is 11.7 Å². The van der Waals surface area contributed by atoms with E-state index >= 15 is 0 Å². The number of anilines is 2. The van der Waals surface area contributed by atoms with Crippen LogP contribution in [0.3, 0.4) is 0 Å². The molecular weight excluding hydrogens is 212 g/mol. The maximum Gasteiger partial charge on any atom is 0.413 e. The minimum atomic E-state index is -0.613. The number of nitrogens with two attached hydrogens (primary N) is 1. The first kappa shape index (κ1) is 12.2. The normalized spacial score (nSPS) is 11.0. The average Bonchev–Trinajstić information content (AvgIpc) is 2.44. The van der Waals surface area contributed by atoms with E-state index in [9.17, 15) is 4.79 Å². The van der Waals surface area contributed by atoms with Crippen LogP contribution in [0.4, 0.5) is 16.3 Å². The fourth-order valence-electron chi connectivity index (χ4n) is 1.00. The molecule has 0 aliphatic carbocycles. The van der Waals surface area contributed by atoms with Gasteiger partial charge < -0.3 is 15.3 Å². The number of aromatic nitrogens is 2. The minimum Gasteiger partial charge on any atom is -0.444 e. The van der Waals surface area contributed by atoms with Crippen molar-refractivity contribution < 1.29 is 14.4 Å². The monoisotopic (exact) mass is 228 g/mol. The van der Waals surface area contributed by atoms with Crippen LogP contribution in [0, 0.1) is 0 Å². The van der Waals surface area contributed by atoms with Gasteiger partial charge in [-0.2, -0.15) is 0 Å². The Morgan fingerprint density at radius 3 is 2.69 bits per heavy atom. The topological polar surface area (TPSA) is 91.4 Å². The summed E-state index contributed by atoms with van der Waals surface area (Å²) >= 11 is 0. The lowest BCUT2D eigenvalue weighted by atomic mass is 10.2. The van der Waals surface area contributed by atoms with E-state index in [0.717, 1.165) is 4.85 Å².